The van der Waals surface area contributed by atoms with Crippen molar-refractivity contribution in [1.29, 1.82) is 5.26 Å². The second kappa shape index (κ2) is 8.92. The van der Waals surface area contributed by atoms with Crippen molar-refractivity contribution in [1.82, 2.24) is 4.90 Å². The minimum absolute atomic E-state index is 0.0141. The van der Waals surface area contributed by atoms with Crippen molar-refractivity contribution in [3.63, 3.8) is 0 Å². The van der Waals surface area contributed by atoms with Crippen molar-refractivity contribution in [2.45, 2.75) is 36.5 Å². The lowest BCUT2D eigenvalue weighted by molar-refractivity contribution is -0.119. The number of amides is 1. The number of morpholine rings is 1. The Labute approximate surface area is 142 Å². The highest BCUT2D eigenvalue weighted by Gasteiger charge is 2.21. The van der Waals surface area contributed by atoms with Crippen molar-refractivity contribution in [3.05, 3.63) is 24.3 Å². The molecule has 1 heterocycles. The smallest absolute Gasteiger partial charge is 0.238 e. The second-order valence-corrected chi connectivity index (χ2v) is 7.21. The summed E-state index contributed by atoms with van der Waals surface area (Å²) < 4.78 is 5.39. The molecule has 1 N–H and O–H groups in total. The minimum atomic E-state index is -0.0141. The molecule has 0 unspecified atom stereocenters. The Morgan fingerprint density at radius 1 is 1.57 bits per heavy atom. The molecule has 1 aromatic rings. The van der Waals surface area contributed by atoms with Crippen LogP contribution in [0.1, 0.15) is 20.3 Å². The Hall–Kier alpha value is -1.55. The van der Waals surface area contributed by atoms with E-state index >= 15 is 0 Å². The fraction of sp³-hybridized carbons (Fsp3) is 0.529. The number of para-hydroxylation sites is 1. The first-order valence-electron chi connectivity index (χ1n) is 7.84. The van der Waals surface area contributed by atoms with E-state index in [1.54, 1.807) is 11.8 Å². The Bertz CT molecular complexity index is 573. The molecule has 2 atom stereocenters. The minimum Gasteiger partial charge on any atom is -0.379 e. The molecule has 1 aliphatic rings. The number of nitrogens with one attached hydrogen (secondary N) is 1. The van der Waals surface area contributed by atoms with Crippen LogP contribution in [0.2, 0.25) is 0 Å². The fourth-order valence-electron chi connectivity index (χ4n) is 2.43. The molecule has 1 saturated heterocycles. The van der Waals surface area contributed by atoms with Gasteiger partial charge in [-0.25, -0.2) is 0 Å². The van der Waals surface area contributed by atoms with Gasteiger partial charge in [-0.05, 0) is 19.1 Å². The Balaban J connectivity index is 1.96. The summed E-state index contributed by atoms with van der Waals surface area (Å²) in [6.07, 6.45) is 0.484. The van der Waals surface area contributed by atoms with E-state index in [4.69, 9.17) is 10.00 Å². The number of rotatable bonds is 6. The summed E-state index contributed by atoms with van der Waals surface area (Å²) in [5.74, 6) is -0.0141. The number of benzene rings is 1. The van der Waals surface area contributed by atoms with Gasteiger partial charge in [-0.15, -0.1) is 11.8 Å². The van der Waals surface area contributed by atoms with Crippen LogP contribution in [0.4, 0.5) is 5.69 Å². The predicted octanol–water partition coefficient (Wildman–Crippen LogP) is 2.74. The van der Waals surface area contributed by atoms with Crippen molar-refractivity contribution in [2.75, 3.05) is 31.6 Å². The molecule has 2 rings (SSSR count). The van der Waals surface area contributed by atoms with Gasteiger partial charge in [-0.3, -0.25) is 9.69 Å². The lowest BCUT2D eigenvalue weighted by Crippen LogP contribution is -2.47. The molecule has 1 fully saturated rings. The third-order valence-corrected chi connectivity index (χ3v) is 4.90. The molecule has 1 aliphatic heterocycles. The van der Waals surface area contributed by atoms with E-state index in [1.165, 1.54) is 0 Å². The summed E-state index contributed by atoms with van der Waals surface area (Å²) in [7, 11) is 0. The van der Waals surface area contributed by atoms with Crippen molar-refractivity contribution in [3.8, 4) is 6.07 Å². The summed E-state index contributed by atoms with van der Waals surface area (Å²) in [5, 5.41) is 12.0. The van der Waals surface area contributed by atoms with E-state index in [2.05, 4.69) is 23.2 Å². The first kappa shape index (κ1) is 17.8. The van der Waals surface area contributed by atoms with E-state index in [0.29, 0.717) is 26.2 Å². The van der Waals surface area contributed by atoms with Crippen LogP contribution in [0, 0.1) is 11.3 Å². The van der Waals surface area contributed by atoms with Gasteiger partial charge >= 0.3 is 0 Å². The van der Waals surface area contributed by atoms with E-state index in [1.807, 2.05) is 31.2 Å². The topological polar surface area (TPSA) is 65.4 Å². The standard InChI is InChI=1S/C17H23N3O2S/c1-13-12-22-10-9-20(13)11-17(21)19-15-5-3-4-6-16(15)23-14(2)7-8-18/h3-6,13-14H,7,9-12H2,1-2H3,(H,19,21)/t13-,14-/m0/s1. The third kappa shape index (κ3) is 5.54. The quantitative estimate of drug-likeness (QED) is 0.811. The van der Waals surface area contributed by atoms with Crippen LogP contribution in [0.5, 0.6) is 0 Å². The molecular weight excluding hydrogens is 310 g/mol. The number of nitrogens with zero attached hydrogens (tertiary/aromatic N) is 2. The van der Waals surface area contributed by atoms with Gasteiger partial charge in [0.2, 0.25) is 5.91 Å². The van der Waals surface area contributed by atoms with Gasteiger partial charge in [0, 0.05) is 29.2 Å². The van der Waals surface area contributed by atoms with Crippen LogP contribution in [0.3, 0.4) is 0 Å². The number of carbonyl (C=O) groups excluding carboxylic acids is 1. The summed E-state index contributed by atoms with van der Waals surface area (Å²) in [6.45, 7) is 6.59. The van der Waals surface area contributed by atoms with E-state index < -0.39 is 0 Å². The van der Waals surface area contributed by atoms with Gasteiger partial charge in [0.25, 0.3) is 0 Å². The molecule has 23 heavy (non-hydrogen) atoms. The molecule has 0 aromatic heterocycles. The molecule has 6 heteroatoms. The maximum atomic E-state index is 12.3. The van der Waals surface area contributed by atoms with E-state index in [9.17, 15) is 4.79 Å². The Kier molecular flexibility index (Phi) is 6.90. The fourth-order valence-corrected chi connectivity index (χ4v) is 3.42. The third-order valence-electron chi connectivity index (χ3n) is 3.72. The largest absolute Gasteiger partial charge is 0.379 e. The average molecular weight is 333 g/mol. The van der Waals surface area contributed by atoms with E-state index in [0.717, 1.165) is 17.1 Å². The Morgan fingerprint density at radius 3 is 3.09 bits per heavy atom. The van der Waals surface area contributed by atoms with Crippen LogP contribution in [0.25, 0.3) is 0 Å². The SMILES string of the molecule is C[C@@H](CC#N)Sc1ccccc1NC(=O)CN1CCOC[C@@H]1C. The summed E-state index contributed by atoms with van der Waals surface area (Å²) in [4.78, 5) is 15.5. The maximum absolute atomic E-state index is 12.3. The van der Waals surface area contributed by atoms with Gasteiger partial charge in [0.15, 0.2) is 0 Å². The molecule has 5 nitrogen and oxygen atoms in total. The lowest BCUT2D eigenvalue weighted by atomic mass is 10.2. The highest BCUT2D eigenvalue weighted by Crippen LogP contribution is 2.31. The summed E-state index contributed by atoms with van der Waals surface area (Å²) in [5.41, 5.74) is 0.813. The first-order valence-corrected chi connectivity index (χ1v) is 8.72. The molecule has 0 bridgehead atoms. The number of hydrogen-bond acceptors (Lipinski definition) is 5. The molecule has 1 aromatic carbocycles. The van der Waals surface area contributed by atoms with Crippen molar-refractivity contribution < 1.29 is 9.53 Å². The highest BCUT2D eigenvalue weighted by atomic mass is 32.2. The zero-order valence-electron chi connectivity index (χ0n) is 13.6. The number of carbonyl (C=O) groups is 1. The zero-order chi connectivity index (χ0) is 16.7. The number of hydrogen-bond donors (Lipinski definition) is 1. The van der Waals surface area contributed by atoms with Crippen LogP contribution in [-0.2, 0) is 9.53 Å². The molecule has 0 saturated carbocycles. The molecule has 124 valence electrons. The maximum Gasteiger partial charge on any atom is 0.238 e. The second-order valence-electron chi connectivity index (χ2n) is 5.73. The highest BCUT2D eigenvalue weighted by molar-refractivity contribution is 8.00. The summed E-state index contributed by atoms with van der Waals surface area (Å²) >= 11 is 1.61. The van der Waals surface area contributed by atoms with Gasteiger partial charge in [-0.2, -0.15) is 5.26 Å². The van der Waals surface area contributed by atoms with Crippen LogP contribution < -0.4 is 5.32 Å². The predicted molar refractivity (Wildman–Crippen MR) is 92.5 cm³/mol. The van der Waals surface area contributed by atoms with Gasteiger partial charge in [0.1, 0.15) is 0 Å². The molecule has 0 radical (unpaired) electrons. The zero-order valence-corrected chi connectivity index (χ0v) is 14.4. The van der Waals surface area contributed by atoms with Crippen LogP contribution in [-0.4, -0.2) is 48.4 Å². The normalized spacial score (nSPS) is 19.8. The van der Waals surface area contributed by atoms with Gasteiger partial charge < -0.3 is 10.1 Å². The number of nitriles is 1. The van der Waals surface area contributed by atoms with Gasteiger partial charge in [0.05, 0.1) is 31.5 Å². The Morgan fingerprint density at radius 2 is 2.35 bits per heavy atom. The van der Waals surface area contributed by atoms with Crippen LogP contribution in [0.15, 0.2) is 29.2 Å². The molecule has 0 aliphatic carbocycles. The molecule has 0 spiro atoms. The molecule has 1 amide bonds. The van der Waals surface area contributed by atoms with Crippen molar-refractivity contribution >= 4 is 23.4 Å². The first-order chi connectivity index (χ1) is 11.1. The number of ether oxygens (including phenoxy) is 1. The van der Waals surface area contributed by atoms with Gasteiger partial charge in [-0.1, -0.05) is 19.1 Å². The van der Waals surface area contributed by atoms with E-state index in [-0.39, 0.29) is 17.2 Å². The molecular formula is C17H23N3O2S. The monoisotopic (exact) mass is 333 g/mol. The van der Waals surface area contributed by atoms with Crippen LogP contribution >= 0.6 is 11.8 Å². The number of anilines is 1. The van der Waals surface area contributed by atoms with Crippen molar-refractivity contribution in [2.24, 2.45) is 0 Å². The average Bonchev–Trinajstić information content (AvgIpc) is 2.52. The lowest BCUT2D eigenvalue weighted by Gasteiger charge is -2.32. The number of thioether (sulfide) groups is 1. The summed E-state index contributed by atoms with van der Waals surface area (Å²) in [6, 6.07) is 10.2.